The van der Waals surface area contributed by atoms with Crippen LogP contribution in [-0.4, -0.2) is 23.6 Å². The number of hydrogen-bond donors (Lipinski definition) is 1. The highest BCUT2D eigenvalue weighted by molar-refractivity contribution is 5.35. The van der Waals surface area contributed by atoms with E-state index in [9.17, 15) is 0 Å². The lowest BCUT2D eigenvalue weighted by Gasteiger charge is -2.07. The molecule has 0 radical (unpaired) electrons. The third-order valence-corrected chi connectivity index (χ3v) is 3.47. The molecule has 1 N–H and O–H groups in total. The minimum atomic E-state index is 0.593. The van der Waals surface area contributed by atoms with Gasteiger partial charge in [-0.1, -0.05) is 12.1 Å². The van der Waals surface area contributed by atoms with Gasteiger partial charge in [-0.15, -0.1) is 0 Å². The van der Waals surface area contributed by atoms with Crippen molar-refractivity contribution in [3.63, 3.8) is 0 Å². The zero-order valence-electron chi connectivity index (χ0n) is 11.7. The fraction of sp³-hybridized carbons (Fsp3) is 0.375. The fourth-order valence-electron chi connectivity index (χ4n) is 2.17. The summed E-state index contributed by atoms with van der Waals surface area (Å²) in [5.74, 6) is 3.40. The molecule has 1 aliphatic rings. The molecule has 1 aromatic carbocycles. The molecule has 1 saturated carbocycles. The second-order valence-electron chi connectivity index (χ2n) is 5.10. The Bertz CT molecular complexity index is 581. The SMILES string of the molecule is COc1cccc(CCNc2ccnc(C3CC3)n2)c1. The summed E-state index contributed by atoms with van der Waals surface area (Å²) in [6.45, 7) is 0.855. The number of ether oxygens (including phenoxy) is 1. The Balaban J connectivity index is 1.55. The summed E-state index contributed by atoms with van der Waals surface area (Å²) in [5, 5.41) is 3.36. The minimum absolute atomic E-state index is 0.593. The molecule has 1 aliphatic carbocycles. The Labute approximate surface area is 119 Å². The Hall–Kier alpha value is -2.10. The maximum atomic E-state index is 5.23. The molecular weight excluding hydrogens is 250 g/mol. The van der Waals surface area contributed by atoms with Gasteiger partial charge in [0.25, 0.3) is 0 Å². The molecule has 1 heterocycles. The monoisotopic (exact) mass is 269 g/mol. The van der Waals surface area contributed by atoms with Crippen LogP contribution in [0.3, 0.4) is 0 Å². The van der Waals surface area contributed by atoms with Gasteiger partial charge in [0.1, 0.15) is 17.4 Å². The second kappa shape index (κ2) is 5.90. The Morgan fingerprint density at radius 3 is 3.00 bits per heavy atom. The number of anilines is 1. The molecular formula is C16H19N3O. The van der Waals surface area contributed by atoms with E-state index in [2.05, 4.69) is 27.4 Å². The van der Waals surface area contributed by atoms with E-state index in [4.69, 9.17) is 4.74 Å². The average Bonchev–Trinajstić information content (AvgIpc) is 3.33. The number of hydrogen-bond acceptors (Lipinski definition) is 4. The highest BCUT2D eigenvalue weighted by atomic mass is 16.5. The maximum absolute atomic E-state index is 5.23. The van der Waals surface area contributed by atoms with Crippen LogP contribution < -0.4 is 10.1 Å². The number of aromatic nitrogens is 2. The van der Waals surface area contributed by atoms with Crippen molar-refractivity contribution in [2.75, 3.05) is 19.0 Å². The van der Waals surface area contributed by atoms with Crippen molar-refractivity contribution in [1.29, 1.82) is 0 Å². The van der Waals surface area contributed by atoms with Crippen LogP contribution in [0.1, 0.15) is 30.1 Å². The minimum Gasteiger partial charge on any atom is -0.497 e. The van der Waals surface area contributed by atoms with Gasteiger partial charge in [-0.3, -0.25) is 0 Å². The van der Waals surface area contributed by atoms with Gasteiger partial charge >= 0.3 is 0 Å². The first-order valence-electron chi connectivity index (χ1n) is 7.05. The van der Waals surface area contributed by atoms with E-state index in [-0.39, 0.29) is 0 Å². The number of nitrogens with zero attached hydrogens (tertiary/aromatic N) is 2. The third-order valence-electron chi connectivity index (χ3n) is 3.47. The normalized spacial score (nSPS) is 14.1. The average molecular weight is 269 g/mol. The molecule has 20 heavy (non-hydrogen) atoms. The number of benzene rings is 1. The molecule has 104 valence electrons. The van der Waals surface area contributed by atoms with Gasteiger partial charge in [0.05, 0.1) is 7.11 Å². The van der Waals surface area contributed by atoms with Crippen molar-refractivity contribution in [3.8, 4) is 5.75 Å². The van der Waals surface area contributed by atoms with Gasteiger partial charge in [0.2, 0.25) is 0 Å². The Kier molecular flexibility index (Phi) is 3.81. The van der Waals surface area contributed by atoms with Crippen LogP contribution in [0.2, 0.25) is 0 Å². The highest BCUT2D eigenvalue weighted by Crippen LogP contribution is 2.37. The van der Waals surface area contributed by atoms with Gasteiger partial charge < -0.3 is 10.1 Å². The molecule has 3 rings (SSSR count). The van der Waals surface area contributed by atoms with E-state index < -0.39 is 0 Å². The molecule has 0 amide bonds. The lowest BCUT2D eigenvalue weighted by molar-refractivity contribution is 0.414. The second-order valence-corrected chi connectivity index (χ2v) is 5.10. The first-order valence-corrected chi connectivity index (χ1v) is 7.05. The standard InChI is InChI=1S/C16H19N3O/c1-20-14-4-2-3-12(11-14)7-9-17-15-8-10-18-16(19-15)13-5-6-13/h2-4,8,10-11,13H,5-7,9H2,1H3,(H,17,18,19). The van der Waals surface area contributed by atoms with Crippen LogP contribution in [0.5, 0.6) is 5.75 Å². The van der Waals surface area contributed by atoms with Crippen molar-refractivity contribution in [1.82, 2.24) is 9.97 Å². The molecule has 2 aromatic rings. The van der Waals surface area contributed by atoms with Crippen molar-refractivity contribution in [3.05, 3.63) is 47.9 Å². The van der Waals surface area contributed by atoms with E-state index in [0.717, 1.165) is 30.4 Å². The van der Waals surface area contributed by atoms with Crippen molar-refractivity contribution < 1.29 is 4.74 Å². The lowest BCUT2D eigenvalue weighted by atomic mass is 10.1. The molecule has 0 saturated heterocycles. The van der Waals surface area contributed by atoms with Gasteiger partial charge in [-0.2, -0.15) is 0 Å². The number of rotatable bonds is 6. The van der Waals surface area contributed by atoms with Crippen LogP contribution in [0, 0.1) is 0 Å². The molecule has 0 atom stereocenters. The van der Waals surface area contributed by atoms with Crippen LogP contribution in [0.25, 0.3) is 0 Å². The summed E-state index contributed by atoms with van der Waals surface area (Å²) in [5.41, 5.74) is 1.26. The summed E-state index contributed by atoms with van der Waals surface area (Å²) >= 11 is 0. The first-order chi connectivity index (χ1) is 9.85. The summed E-state index contributed by atoms with van der Waals surface area (Å²) in [4.78, 5) is 8.88. The van der Waals surface area contributed by atoms with Gasteiger partial charge in [-0.05, 0) is 43.0 Å². The van der Waals surface area contributed by atoms with E-state index in [1.807, 2.05) is 24.4 Å². The number of methoxy groups -OCH3 is 1. The molecule has 0 unspecified atom stereocenters. The van der Waals surface area contributed by atoms with E-state index >= 15 is 0 Å². The molecule has 0 spiro atoms. The summed E-state index contributed by atoms with van der Waals surface area (Å²) in [6.07, 6.45) is 5.25. The smallest absolute Gasteiger partial charge is 0.133 e. The number of nitrogens with one attached hydrogen (secondary N) is 1. The van der Waals surface area contributed by atoms with Crippen molar-refractivity contribution in [2.45, 2.75) is 25.2 Å². The highest BCUT2D eigenvalue weighted by Gasteiger charge is 2.26. The molecule has 1 aromatic heterocycles. The van der Waals surface area contributed by atoms with Gasteiger partial charge in [0.15, 0.2) is 0 Å². The van der Waals surface area contributed by atoms with E-state index in [0.29, 0.717) is 5.92 Å². The molecule has 0 bridgehead atoms. The largest absolute Gasteiger partial charge is 0.497 e. The summed E-state index contributed by atoms with van der Waals surface area (Å²) in [7, 11) is 1.69. The van der Waals surface area contributed by atoms with Crippen LogP contribution >= 0.6 is 0 Å². The summed E-state index contributed by atoms with van der Waals surface area (Å²) < 4.78 is 5.23. The van der Waals surface area contributed by atoms with Crippen molar-refractivity contribution in [2.24, 2.45) is 0 Å². The zero-order valence-corrected chi connectivity index (χ0v) is 11.7. The Morgan fingerprint density at radius 2 is 2.20 bits per heavy atom. The molecule has 4 heteroatoms. The molecule has 1 fully saturated rings. The Morgan fingerprint density at radius 1 is 1.30 bits per heavy atom. The molecule has 4 nitrogen and oxygen atoms in total. The van der Waals surface area contributed by atoms with Gasteiger partial charge in [-0.25, -0.2) is 9.97 Å². The zero-order chi connectivity index (χ0) is 13.8. The first kappa shape index (κ1) is 12.9. The van der Waals surface area contributed by atoms with Gasteiger partial charge in [0, 0.05) is 18.7 Å². The van der Waals surface area contributed by atoms with Crippen LogP contribution in [0.15, 0.2) is 36.5 Å². The topological polar surface area (TPSA) is 47.0 Å². The van der Waals surface area contributed by atoms with Crippen molar-refractivity contribution >= 4 is 5.82 Å². The fourth-order valence-corrected chi connectivity index (χ4v) is 2.17. The maximum Gasteiger partial charge on any atom is 0.133 e. The third kappa shape index (κ3) is 3.26. The lowest BCUT2D eigenvalue weighted by Crippen LogP contribution is -2.07. The molecule has 0 aliphatic heterocycles. The van der Waals surface area contributed by atoms with Crippen LogP contribution in [0.4, 0.5) is 5.82 Å². The quantitative estimate of drug-likeness (QED) is 0.875. The predicted octanol–water partition coefficient (Wildman–Crippen LogP) is 3.02. The van der Waals surface area contributed by atoms with Crippen LogP contribution in [-0.2, 0) is 6.42 Å². The van der Waals surface area contributed by atoms with E-state index in [1.165, 1.54) is 18.4 Å². The summed E-state index contributed by atoms with van der Waals surface area (Å²) in [6, 6.07) is 10.1. The predicted molar refractivity (Wildman–Crippen MR) is 79.2 cm³/mol. The van der Waals surface area contributed by atoms with E-state index in [1.54, 1.807) is 7.11 Å².